The Morgan fingerprint density at radius 3 is 2.60 bits per heavy atom. The quantitative estimate of drug-likeness (QED) is 0.747. The zero-order valence-electron chi connectivity index (χ0n) is 14.2. The lowest BCUT2D eigenvalue weighted by atomic mass is 10.1. The van der Waals surface area contributed by atoms with Crippen molar-refractivity contribution in [3.63, 3.8) is 0 Å². The Bertz CT molecular complexity index is 913. The number of nitrogens with zero attached hydrogens (tertiary/aromatic N) is 2. The van der Waals surface area contributed by atoms with Crippen LogP contribution in [0.1, 0.15) is 27.2 Å². The van der Waals surface area contributed by atoms with Crippen LogP contribution in [0.3, 0.4) is 0 Å². The van der Waals surface area contributed by atoms with Crippen molar-refractivity contribution in [2.24, 2.45) is 0 Å². The zero-order valence-corrected chi connectivity index (χ0v) is 14.2. The fourth-order valence-corrected chi connectivity index (χ4v) is 2.64. The summed E-state index contributed by atoms with van der Waals surface area (Å²) < 4.78 is 1.93. The molecule has 0 spiro atoms. The molecule has 0 fully saturated rings. The summed E-state index contributed by atoms with van der Waals surface area (Å²) in [5.74, 6) is -0.214. The fourth-order valence-electron chi connectivity index (χ4n) is 2.64. The third kappa shape index (κ3) is 3.85. The summed E-state index contributed by atoms with van der Waals surface area (Å²) in [6.07, 6.45) is 4.03. The third-order valence-corrected chi connectivity index (χ3v) is 4.00. The Morgan fingerprint density at radius 1 is 1.16 bits per heavy atom. The Morgan fingerprint density at radius 2 is 1.92 bits per heavy atom. The molecule has 0 aliphatic carbocycles. The first-order valence-corrected chi connectivity index (χ1v) is 8.08. The van der Waals surface area contributed by atoms with Crippen molar-refractivity contribution in [2.75, 3.05) is 7.05 Å². The summed E-state index contributed by atoms with van der Waals surface area (Å²) in [6, 6.07) is 11.1. The minimum absolute atomic E-state index is 0.0866. The number of benzene rings is 1. The first kappa shape index (κ1) is 16.7. The molecule has 0 aliphatic rings. The summed E-state index contributed by atoms with van der Waals surface area (Å²) in [5.41, 5.74) is 4.21. The average molecular weight is 336 g/mol. The van der Waals surface area contributed by atoms with E-state index in [1.165, 1.54) is 0 Å². The highest BCUT2D eigenvalue weighted by Crippen LogP contribution is 2.10. The fraction of sp³-hybridized carbons (Fsp3) is 0.211. The molecule has 0 saturated heterocycles. The number of pyridine rings is 1. The molecule has 2 aromatic heterocycles. The number of carbonyl (C=O) groups is 2. The second kappa shape index (κ2) is 7.17. The number of rotatable bonds is 5. The molecule has 0 atom stereocenters. The van der Waals surface area contributed by atoms with Crippen molar-refractivity contribution in [1.82, 2.24) is 20.0 Å². The van der Waals surface area contributed by atoms with Crippen LogP contribution in [0, 0.1) is 6.92 Å². The van der Waals surface area contributed by atoms with Gasteiger partial charge in [-0.1, -0.05) is 18.2 Å². The lowest BCUT2D eigenvalue weighted by Crippen LogP contribution is -2.24. The van der Waals surface area contributed by atoms with Gasteiger partial charge in [0.2, 0.25) is 5.91 Å². The van der Waals surface area contributed by atoms with Gasteiger partial charge in [0.25, 0.3) is 5.91 Å². The number of fused-ring (bicyclic) bond motifs is 1. The van der Waals surface area contributed by atoms with Crippen molar-refractivity contribution >= 4 is 17.5 Å². The van der Waals surface area contributed by atoms with Gasteiger partial charge in [0.1, 0.15) is 5.65 Å². The van der Waals surface area contributed by atoms with Crippen LogP contribution in [-0.4, -0.2) is 28.2 Å². The van der Waals surface area contributed by atoms with Gasteiger partial charge in [0.05, 0.1) is 12.1 Å². The van der Waals surface area contributed by atoms with Gasteiger partial charge in [-0.15, -0.1) is 0 Å². The summed E-state index contributed by atoms with van der Waals surface area (Å²) in [4.78, 5) is 28.2. The summed E-state index contributed by atoms with van der Waals surface area (Å²) >= 11 is 0. The maximum Gasteiger partial charge on any atom is 0.251 e. The minimum Gasteiger partial charge on any atom is -0.355 e. The molecule has 25 heavy (non-hydrogen) atoms. The van der Waals surface area contributed by atoms with Gasteiger partial charge in [-0.3, -0.25) is 9.59 Å². The summed E-state index contributed by atoms with van der Waals surface area (Å²) in [6.45, 7) is 2.41. The van der Waals surface area contributed by atoms with Crippen LogP contribution in [0.5, 0.6) is 0 Å². The first-order chi connectivity index (χ1) is 12.1. The second-order valence-corrected chi connectivity index (χ2v) is 5.88. The number of aromatic nitrogens is 2. The highest BCUT2D eigenvalue weighted by atomic mass is 16.2. The first-order valence-electron chi connectivity index (χ1n) is 8.08. The third-order valence-electron chi connectivity index (χ3n) is 4.00. The zero-order chi connectivity index (χ0) is 17.8. The van der Waals surface area contributed by atoms with Gasteiger partial charge in [-0.05, 0) is 36.2 Å². The normalized spacial score (nSPS) is 10.6. The number of hydrogen-bond acceptors (Lipinski definition) is 3. The minimum atomic E-state index is -0.127. The van der Waals surface area contributed by atoms with Gasteiger partial charge >= 0.3 is 0 Å². The van der Waals surface area contributed by atoms with E-state index < -0.39 is 0 Å². The molecule has 1 aromatic carbocycles. The summed E-state index contributed by atoms with van der Waals surface area (Å²) in [5, 5.41) is 5.46. The molecule has 0 radical (unpaired) electrons. The van der Waals surface area contributed by atoms with Crippen LogP contribution in [-0.2, 0) is 17.8 Å². The molecular weight excluding hydrogens is 316 g/mol. The van der Waals surface area contributed by atoms with E-state index in [0.29, 0.717) is 12.1 Å². The molecular formula is C19H20N4O2. The lowest BCUT2D eigenvalue weighted by molar-refractivity contribution is -0.120. The van der Waals surface area contributed by atoms with E-state index in [1.54, 1.807) is 19.2 Å². The van der Waals surface area contributed by atoms with Crippen molar-refractivity contribution in [2.45, 2.75) is 19.9 Å². The van der Waals surface area contributed by atoms with Gasteiger partial charge in [-0.25, -0.2) is 4.98 Å². The molecule has 2 N–H and O–H groups in total. The predicted octanol–water partition coefficient (Wildman–Crippen LogP) is 1.86. The maximum atomic E-state index is 12.1. The number of nitrogens with one attached hydrogen (secondary N) is 2. The van der Waals surface area contributed by atoms with E-state index in [1.807, 2.05) is 48.0 Å². The number of carbonyl (C=O) groups excluding carboxylic acids is 2. The molecule has 6 heteroatoms. The average Bonchev–Trinajstić information content (AvgIpc) is 3.03. The van der Waals surface area contributed by atoms with E-state index in [2.05, 4.69) is 15.6 Å². The van der Waals surface area contributed by atoms with E-state index in [0.717, 1.165) is 22.5 Å². The highest BCUT2D eigenvalue weighted by molar-refractivity contribution is 5.93. The van der Waals surface area contributed by atoms with Crippen molar-refractivity contribution in [1.29, 1.82) is 0 Å². The number of amides is 2. The smallest absolute Gasteiger partial charge is 0.251 e. The van der Waals surface area contributed by atoms with Crippen LogP contribution < -0.4 is 10.6 Å². The standard InChI is InChI=1S/C19H20N4O2/c1-13-4-3-9-23-12-16(22-18(13)23)10-17(24)21-11-14-5-7-15(8-6-14)19(25)20-2/h3-9,12H,10-11H2,1-2H3,(H,20,25)(H,21,24). The highest BCUT2D eigenvalue weighted by Gasteiger charge is 2.09. The predicted molar refractivity (Wildman–Crippen MR) is 95.3 cm³/mol. The van der Waals surface area contributed by atoms with Gasteiger partial charge in [0.15, 0.2) is 0 Å². The van der Waals surface area contributed by atoms with Gasteiger partial charge in [0, 0.05) is 31.5 Å². The van der Waals surface area contributed by atoms with Crippen molar-refractivity contribution in [3.8, 4) is 0 Å². The lowest BCUT2D eigenvalue weighted by Gasteiger charge is -2.05. The van der Waals surface area contributed by atoms with Crippen LogP contribution in [0.15, 0.2) is 48.8 Å². The molecule has 2 amide bonds. The van der Waals surface area contributed by atoms with Crippen molar-refractivity contribution < 1.29 is 9.59 Å². The largest absolute Gasteiger partial charge is 0.355 e. The Hall–Kier alpha value is -3.15. The summed E-state index contributed by atoms with van der Waals surface area (Å²) in [7, 11) is 1.59. The topological polar surface area (TPSA) is 75.5 Å². The number of hydrogen-bond donors (Lipinski definition) is 2. The number of aryl methyl sites for hydroxylation is 1. The van der Waals surface area contributed by atoms with Crippen LogP contribution in [0.2, 0.25) is 0 Å². The molecule has 0 aliphatic heterocycles. The van der Waals surface area contributed by atoms with Gasteiger partial charge < -0.3 is 15.0 Å². The molecule has 0 bridgehead atoms. The molecule has 0 saturated carbocycles. The molecule has 3 rings (SSSR count). The van der Waals surface area contributed by atoms with E-state index in [-0.39, 0.29) is 18.2 Å². The van der Waals surface area contributed by atoms with Crippen LogP contribution >= 0.6 is 0 Å². The maximum absolute atomic E-state index is 12.1. The Kier molecular flexibility index (Phi) is 4.79. The molecule has 3 aromatic rings. The van der Waals surface area contributed by atoms with E-state index in [4.69, 9.17) is 0 Å². The molecule has 2 heterocycles. The molecule has 0 unspecified atom stereocenters. The van der Waals surface area contributed by atoms with E-state index >= 15 is 0 Å². The van der Waals surface area contributed by atoms with E-state index in [9.17, 15) is 9.59 Å². The van der Waals surface area contributed by atoms with Gasteiger partial charge in [-0.2, -0.15) is 0 Å². The monoisotopic (exact) mass is 336 g/mol. The number of imidazole rings is 1. The Labute approximate surface area is 145 Å². The Balaban J connectivity index is 1.58. The molecule has 6 nitrogen and oxygen atoms in total. The second-order valence-electron chi connectivity index (χ2n) is 5.88. The van der Waals surface area contributed by atoms with Crippen LogP contribution in [0.25, 0.3) is 5.65 Å². The van der Waals surface area contributed by atoms with Crippen molar-refractivity contribution in [3.05, 3.63) is 71.2 Å². The van der Waals surface area contributed by atoms with Crippen LogP contribution in [0.4, 0.5) is 0 Å². The SMILES string of the molecule is CNC(=O)c1ccc(CNC(=O)Cc2cn3cccc(C)c3n2)cc1. The molecule has 128 valence electrons.